The number of thioether (sulfide) groups is 1. The molecular formula is C17H29N5O4S. The molecule has 10 heteroatoms. The molecule has 0 aliphatic carbocycles. The highest BCUT2D eigenvalue weighted by molar-refractivity contribution is 7.99. The minimum Gasteiger partial charge on any atom is -0.467 e. The van der Waals surface area contributed by atoms with Gasteiger partial charge in [0.25, 0.3) is 0 Å². The van der Waals surface area contributed by atoms with Gasteiger partial charge >= 0.3 is 5.97 Å². The molecule has 0 unspecified atom stereocenters. The molecule has 1 saturated heterocycles. The SMILES string of the molecule is CC[C@@H](C)[C@H](NC(=O)CSc1nnc(N2CCOCC2)n1CC)C(=O)OC. The molecule has 152 valence electrons. The number of nitrogens with one attached hydrogen (secondary N) is 1. The van der Waals surface area contributed by atoms with Crippen molar-refractivity contribution in [3.63, 3.8) is 0 Å². The number of ether oxygens (including phenoxy) is 2. The summed E-state index contributed by atoms with van der Waals surface area (Å²) in [6.07, 6.45) is 0.764. The Labute approximate surface area is 164 Å². The quantitative estimate of drug-likeness (QED) is 0.484. The number of hydrogen-bond acceptors (Lipinski definition) is 8. The highest BCUT2D eigenvalue weighted by Gasteiger charge is 2.27. The van der Waals surface area contributed by atoms with Gasteiger partial charge in [-0.05, 0) is 12.8 Å². The normalized spacial score (nSPS) is 16.7. The van der Waals surface area contributed by atoms with Crippen LogP contribution in [0, 0.1) is 5.92 Å². The van der Waals surface area contributed by atoms with Crippen LogP contribution in [0.5, 0.6) is 0 Å². The topological polar surface area (TPSA) is 98.6 Å². The fraction of sp³-hybridized carbons (Fsp3) is 0.765. The molecule has 1 aromatic rings. The van der Waals surface area contributed by atoms with E-state index >= 15 is 0 Å². The van der Waals surface area contributed by atoms with E-state index in [-0.39, 0.29) is 17.6 Å². The van der Waals surface area contributed by atoms with Crippen LogP contribution >= 0.6 is 11.8 Å². The van der Waals surface area contributed by atoms with Crippen LogP contribution < -0.4 is 10.2 Å². The number of amides is 1. The van der Waals surface area contributed by atoms with E-state index in [4.69, 9.17) is 9.47 Å². The van der Waals surface area contributed by atoms with Gasteiger partial charge in [0.05, 0.1) is 26.1 Å². The van der Waals surface area contributed by atoms with Gasteiger partial charge in [-0.15, -0.1) is 10.2 Å². The van der Waals surface area contributed by atoms with Gasteiger partial charge < -0.3 is 19.7 Å². The first-order valence-electron chi connectivity index (χ1n) is 9.27. The van der Waals surface area contributed by atoms with E-state index in [1.165, 1.54) is 18.9 Å². The highest BCUT2D eigenvalue weighted by Crippen LogP contribution is 2.22. The monoisotopic (exact) mass is 399 g/mol. The van der Waals surface area contributed by atoms with Gasteiger partial charge in [-0.25, -0.2) is 4.79 Å². The number of hydrogen-bond donors (Lipinski definition) is 1. The van der Waals surface area contributed by atoms with Crippen molar-refractivity contribution in [1.29, 1.82) is 0 Å². The van der Waals surface area contributed by atoms with E-state index in [1.54, 1.807) is 0 Å². The highest BCUT2D eigenvalue weighted by atomic mass is 32.2. The molecule has 0 bridgehead atoms. The number of carbonyl (C=O) groups excluding carboxylic acids is 2. The Morgan fingerprint density at radius 2 is 2.00 bits per heavy atom. The zero-order valence-corrected chi connectivity index (χ0v) is 17.3. The molecule has 0 saturated carbocycles. The zero-order chi connectivity index (χ0) is 19.8. The minimum atomic E-state index is -0.638. The maximum absolute atomic E-state index is 12.4. The first-order chi connectivity index (χ1) is 13.0. The number of anilines is 1. The summed E-state index contributed by atoms with van der Waals surface area (Å²) in [5.41, 5.74) is 0. The number of morpholine rings is 1. The first kappa shape index (κ1) is 21.5. The van der Waals surface area contributed by atoms with Crippen LogP contribution in [0.2, 0.25) is 0 Å². The van der Waals surface area contributed by atoms with Crippen molar-refractivity contribution in [3.8, 4) is 0 Å². The molecule has 27 heavy (non-hydrogen) atoms. The van der Waals surface area contributed by atoms with Crippen molar-refractivity contribution >= 4 is 29.6 Å². The second kappa shape index (κ2) is 10.5. The Hall–Kier alpha value is -1.81. The average Bonchev–Trinajstić information content (AvgIpc) is 3.12. The lowest BCUT2D eigenvalue weighted by Crippen LogP contribution is -2.46. The lowest BCUT2D eigenvalue weighted by atomic mass is 9.99. The second-order valence-electron chi connectivity index (χ2n) is 6.37. The number of aromatic nitrogens is 3. The molecule has 1 aromatic heterocycles. The summed E-state index contributed by atoms with van der Waals surface area (Å²) in [4.78, 5) is 26.4. The van der Waals surface area contributed by atoms with Crippen LogP contribution in [0.25, 0.3) is 0 Å². The van der Waals surface area contributed by atoms with Crippen molar-refractivity contribution < 1.29 is 19.1 Å². The molecule has 2 atom stereocenters. The van der Waals surface area contributed by atoms with Crippen molar-refractivity contribution in [2.45, 2.75) is 44.9 Å². The fourth-order valence-electron chi connectivity index (χ4n) is 2.80. The number of nitrogens with zero attached hydrogens (tertiary/aromatic N) is 4. The maximum atomic E-state index is 12.4. The number of esters is 1. The predicted molar refractivity (Wildman–Crippen MR) is 103 cm³/mol. The van der Waals surface area contributed by atoms with E-state index in [2.05, 4.69) is 20.4 Å². The average molecular weight is 400 g/mol. The predicted octanol–water partition coefficient (Wildman–Crippen LogP) is 0.931. The third kappa shape index (κ3) is 5.58. The molecule has 1 aliphatic heterocycles. The van der Waals surface area contributed by atoms with Gasteiger partial charge in [0.1, 0.15) is 6.04 Å². The van der Waals surface area contributed by atoms with Crippen LogP contribution in [-0.4, -0.2) is 71.8 Å². The van der Waals surface area contributed by atoms with Gasteiger partial charge in [0.15, 0.2) is 5.16 Å². The summed E-state index contributed by atoms with van der Waals surface area (Å²) in [5.74, 6) is 0.309. The number of methoxy groups -OCH3 is 1. The van der Waals surface area contributed by atoms with Crippen LogP contribution in [0.1, 0.15) is 27.2 Å². The van der Waals surface area contributed by atoms with Crippen molar-refractivity contribution in [3.05, 3.63) is 0 Å². The van der Waals surface area contributed by atoms with E-state index in [1.807, 2.05) is 25.3 Å². The Morgan fingerprint density at radius 1 is 1.30 bits per heavy atom. The minimum absolute atomic E-state index is 0.00128. The van der Waals surface area contributed by atoms with Gasteiger partial charge in [0.2, 0.25) is 11.9 Å². The molecule has 9 nitrogen and oxygen atoms in total. The summed E-state index contributed by atoms with van der Waals surface area (Å²) >= 11 is 1.31. The molecule has 2 rings (SSSR count). The fourth-order valence-corrected chi connectivity index (χ4v) is 3.61. The molecule has 0 spiro atoms. The largest absolute Gasteiger partial charge is 0.467 e. The summed E-state index contributed by atoms with van der Waals surface area (Å²) in [6.45, 7) is 9.51. The van der Waals surface area contributed by atoms with E-state index in [0.29, 0.717) is 24.9 Å². The van der Waals surface area contributed by atoms with Crippen LogP contribution in [0.4, 0.5) is 5.95 Å². The Balaban J connectivity index is 1.98. The summed E-state index contributed by atoms with van der Waals surface area (Å²) < 4.78 is 12.2. The molecule has 1 N–H and O–H groups in total. The van der Waals surface area contributed by atoms with Crippen molar-refractivity contribution in [1.82, 2.24) is 20.1 Å². The number of rotatable bonds is 9. The molecule has 0 aromatic carbocycles. The Kier molecular flexibility index (Phi) is 8.36. The lowest BCUT2D eigenvalue weighted by Gasteiger charge is -2.27. The van der Waals surface area contributed by atoms with E-state index < -0.39 is 12.0 Å². The van der Waals surface area contributed by atoms with E-state index in [0.717, 1.165) is 25.5 Å². The van der Waals surface area contributed by atoms with Crippen molar-refractivity contribution in [2.24, 2.45) is 5.92 Å². The summed E-state index contributed by atoms with van der Waals surface area (Å²) in [6, 6.07) is -0.638. The second-order valence-corrected chi connectivity index (χ2v) is 7.31. The maximum Gasteiger partial charge on any atom is 0.328 e. The van der Waals surface area contributed by atoms with Gasteiger partial charge in [-0.1, -0.05) is 32.0 Å². The third-order valence-electron chi connectivity index (χ3n) is 4.62. The van der Waals surface area contributed by atoms with Crippen LogP contribution in [0.3, 0.4) is 0 Å². The van der Waals surface area contributed by atoms with E-state index in [9.17, 15) is 9.59 Å². The van der Waals surface area contributed by atoms with Gasteiger partial charge in [-0.2, -0.15) is 0 Å². The van der Waals surface area contributed by atoms with Crippen LogP contribution in [0.15, 0.2) is 5.16 Å². The molecule has 1 amide bonds. The smallest absolute Gasteiger partial charge is 0.328 e. The van der Waals surface area contributed by atoms with Crippen LogP contribution in [-0.2, 0) is 25.6 Å². The lowest BCUT2D eigenvalue weighted by molar-refractivity contribution is -0.146. The molecule has 1 aliphatic rings. The van der Waals surface area contributed by atoms with Gasteiger partial charge in [-0.3, -0.25) is 9.36 Å². The van der Waals surface area contributed by atoms with Gasteiger partial charge in [0, 0.05) is 19.6 Å². The summed E-state index contributed by atoms with van der Waals surface area (Å²) in [7, 11) is 1.33. The zero-order valence-electron chi connectivity index (χ0n) is 16.4. The molecule has 2 heterocycles. The first-order valence-corrected chi connectivity index (χ1v) is 10.3. The molecular weight excluding hydrogens is 370 g/mol. The third-order valence-corrected chi connectivity index (χ3v) is 5.59. The summed E-state index contributed by atoms with van der Waals surface area (Å²) in [5, 5.41) is 12.0. The molecule has 1 fully saturated rings. The molecule has 0 radical (unpaired) electrons. The van der Waals surface area contributed by atoms with Crippen molar-refractivity contribution in [2.75, 3.05) is 44.1 Å². The Bertz CT molecular complexity index is 633. The standard InChI is InChI=1S/C17H29N5O4S/c1-5-12(3)14(15(24)25-4)18-13(23)11-27-17-20-19-16(22(17)6-2)21-7-9-26-10-8-21/h12,14H,5-11H2,1-4H3,(H,18,23)/t12-,14+/m1/s1. The number of carbonyl (C=O) groups is 2. The Morgan fingerprint density at radius 3 is 2.59 bits per heavy atom.